The van der Waals surface area contributed by atoms with Crippen molar-refractivity contribution in [1.82, 2.24) is 0 Å². The first-order valence-corrected chi connectivity index (χ1v) is 5.55. The lowest BCUT2D eigenvalue weighted by Gasteiger charge is -2.02. The van der Waals surface area contributed by atoms with Gasteiger partial charge in [0.05, 0.1) is 0 Å². The van der Waals surface area contributed by atoms with Crippen LogP contribution in [0.25, 0.3) is 10.1 Å². The van der Waals surface area contributed by atoms with Crippen LogP contribution in [0.5, 0.6) is 0 Å². The zero-order chi connectivity index (χ0) is 10.1. The van der Waals surface area contributed by atoms with Crippen molar-refractivity contribution >= 4 is 27.7 Å². The van der Waals surface area contributed by atoms with Crippen LogP contribution in [0, 0.1) is 6.92 Å². The summed E-state index contributed by atoms with van der Waals surface area (Å²) in [6, 6.07) is 6.12. The monoisotopic (exact) mass is 204 g/mol. The number of hydrogen-bond donors (Lipinski definition) is 0. The second-order valence-electron chi connectivity index (χ2n) is 3.38. The van der Waals surface area contributed by atoms with Crippen LogP contribution >= 0.6 is 11.3 Å². The second-order valence-corrected chi connectivity index (χ2v) is 4.64. The van der Waals surface area contributed by atoms with E-state index < -0.39 is 0 Å². The highest BCUT2D eigenvalue weighted by molar-refractivity contribution is 7.19. The Morgan fingerprint density at radius 1 is 1.43 bits per heavy atom. The molecular formula is C12H12OS. The zero-order valence-electron chi connectivity index (χ0n) is 8.33. The molecule has 1 nitrogen and oxygen atoms in total. The predicted octanol–water partition coefficient (Wildman–Crippen LogP) is 3.58. The molecule has 2 rings (SSSR count). The molecule has 0 aliphatic heterocycles. The molecule has 0 bridgehead atoms. The third kappa shape index (κ3) is 1.36. The number of aldehydes is 1. The summed E-state index contributed by atoms with van der Waals surface area (Å²) in [6.45, 7) is 4.20. The molecule has 0 saturated heterocycles. The Kier molecular flexibility index (Phi) is 2.38. The van der Waals surface area contributed by atoms with Crippen molar-refractivity contribution in [3.05, 3.63) is 34.2 Å². The fourth-order valence-corrected chi connectivity index (χ4v) is 2.92. The normalized spacial score (nSPS) is 10.7. The number of rotatable bonds is 2. The Hall–Kier alpha value is -1.15. The maximum Gasteiger partial charge on any atom is 0.150 e. The van der Waals surface area contributed by atoms with Crippen molar-refractivity contribution in [3.63, 3.8) is 0 Å². The number of benzene rings is 1. The summed E-state index contributed by atoms with van der Waals surface area (Å²) in [5.41, 5.74) is 2.03. The smallest absolute Gasteiger partial charge is 0.150 e. The fourth-order valence-electron chi connectivity index (χ4n) is 1.78. The van der Waals surface area contributed by atoms with E-state index in [1.807, 2.05) is 12.1 Å². The van der Waals surface area contributed by atoms with Crippen LogP contribution in [0.15, 0.2) is 18.2 Å². The van der Waals surface area contributed by atoms with Crippen LogP contribution in [0.1, 0.15) is 27.7 Å². The Morgan fingerprint density at radius 2 is 2.21 bits per heavy atom. The average Bonchev–Trinajstić information content (AvgIpc) is 2.56. The standard InChI is InChI=1S/C12H12OS/c1-3-11-10(7-13)5-4-9-6-8(2)14-12(9)11/h4-7H,3H2,1-2H3. The largest absolute Gasteiger partial charge is 0.298 e. The van der Waals surface area contributed by atoms with E-state index in [0.29, 0.717) is 0 Å². The molecule has 0 radical (unpaired) electrons. The van der Waals surface area contributed by atoms with Gasteiger partial charge in [-0.3, -0.25) is 4.79 Å². The average molecular weight is 204 g/mol. The van der Waals surface area contributed by atoms with Gasteiger partial charge in [0, 0.05) is 15.1 Å². The maximum atomic E-state index is 10.8. The van der Waals surface area contributed by atoms with Gasteiger partial charge in [-0.2, -0.15) is 0 Å². The predicted molar refractivity (Wildman–Crippen MR) is 61.3 cm³/mol. The van der Waals surface area contributed by atoms with E-state index in [2.05, 4.69) is 19.9 Å². The molecule has 2 aromatic rings. The van der Waals surface area contributed by atoms with E-state index in [1.165, 1.54) is 20.5 Å². The summed E-state index contributed by atoms with van der Waals surface area (Å²) in [6.07, 6.45) is 1.87. The maximum absolute atomic E-state index is 10.8. The highest BCUT2D eigenvalue weighted by Gasteiger charge is 2.07. The number of hydrogen-bond acceptors (Lipinski definition) is 2. The van der Waals surface area contributed by atoms with E-state index in [1.54, 1.807) is 11.3 Å². The molecule has 1 aromatic carbocycles. The quantitative estimate of drug-likeness (QED) is 0.683. The molecule has 72 valence electrons. The van der Waals surface area contributed by atoms with Crippen LogP contribution in [0.4, 0.5) is 0 Å². The summed E-state index contributed by atoms with van der Waals surface area (Å²) in [5, 5.41) is 1.26. The van der Waals surface area contributed by atoms with E-state index >= 15 is 0 Å². The van der Waals surface area contributed by atoms with Crippen LogP contribution < -0.4 is 0 Å². The van der Waals surface area contributed by atoms with Crippen molar-refractivity contribution in [1.29, 1.82) is 0 Å². The molecule has 0 atom stereocenters. The number of fused-ring (bicyclic) bond motifs is 1. The lowest BCUT2D eigenvalue weighted by Crippen LogP contribution is -1.89. The molecule has 1 heterocycles. The molecule has 0 aliphatic rings. The van der Waals surface area contributed by atoms with Crippen molar-refractivity contribution in [3.8, 4) is 0 Å². The first kappa shape index (κ1) is 9.41. The SMILES string of the molecule is CCc1c(C=O)ccc2cc(C)sc12. The minimum atomic E-state index is 0.835. The highest BCUT2D eigenvalue weighted by atomic mass is 32.1. The summed E-state index contributed by atoms with van der Waals surface area (Å²) in [5.74, 6) is 0. The Morgan fingerprint density at radius 3 is 2.86 bits per heavy atom. The van der Waals surface area contributed by atoms with Crippen LogP contribution in [-0.2, 0) is 6.42 Å². The number of carbonyl (C=O) groups excluding carboxylic acids is 1. The van der Waals surface area contributed by atoms with Gasteiger partial charge in [0.15, 0.2) is 0 Å². The minimum Gasteiger partial charge on any atom is -0.298 e. The molecule has 0 fully saturated rings. The Bertz CT molecular complexity index is 482. The molecule has 2 heteroatoms. The molecular weight excluding hydrogens is 192 g/mol. The highest BCUT2D eigenvalue weighted by Crippen LogP contribution is 2.30. The molecule has 0 spiro atoms. The zero-order valence-corrected chi connectivity index (χ0v) is 9.15. The third-order valence-electron chi connectivity index (χ3n) is 2.43. The summed E-state index contributed by atoms with van der Waals surface area (Å²) in [4.78, 5) is 12.1. The number of thiophene rings is 1. The van der Waals surface area contributed by atoms with Crippen molar-refractivity contribution in [2.24, 2.45) is 0 Å². The van der Waals surface area contributed by atoms with Gasteiger partial charge >= 0.3 is 0 Å². The summed E-state index contributed by atoms with van der Waals surface area (Å²) >= 11 is 1.77. The van der Waals surface area contributed by atoms with Crippen molar-refractivity contribution < 1.29 is 4.79 Å². The van der Waals surface area contributed by atoms with Gasteiger partial charge in [-0.25, -0.2) is 0 Å². The molecule has 0 saturated carbocycles. The topological polar surface area (TPSA) is 17.1 Å². The molecule has 0 N–H and O–H groups in total. The van der Waals surface area contributed by atoms with E-state index in [9.17, 15) is 4.79 Å². The third-order valence-corrected chi connectivity index (χ3v) is 3.56. The van der Waals surface area contributed by atoms with Gasteiger partial charge < -0.3 is 0 Å². The number of aryl methyl sites for hydroxylation is 2. The van der Waals surface area contributed by atoms with Gasteiger partial charge in [-0.15, -0.1) is 11.3 Å². The first-order valence-electron chi connectivity index (χ1n) is 4.73. The summed E-state index contributed by atoms with van der Waals surface area (Å²) in [7, 11) is 0. The number of carbonyl (C=O) groups is 1. The molecule has 0 aliphatic carbocycles. The molecule has 14 heavy (non-hydrogen) atoms. The van der Waals surface area contributed by atoms with Gasteiger partial charge in [0.25, 0.3) is 0 Å². The van der Waals surface area contributed by atoms with Crippen molar-refractivity contribution in [2.45, 2.75) is 20.3 Å². The van der Waals surface area contributed by atoms with Gasteiger partial charge in [-0.05, 0) is 30.4 Å². The van der Waals surface area contributed by atoms with Crippen LogP contribution in [0.2, 0.25) is 0 Å². The van der Waals surface area contributed by atoms with E-state index in [-0.39, 0.29) is 0 Å². The van der Waals surface area contributed by atoms with Crippen LogP contribution in [-0.4, -0.2) is 6.29 Å². The van der Waals surface area contributed by atoms with E-state index in [4.69, 9.17) is 0 Å². The van der Waals surface area contributed by atoms with Gasteiger partial charge in [-0.1, -0.05) is 19.1 Å². The fraction of sp³-hybridized carbons (Fsp3) is 0.250. The van der Waals surface area contributed by atoms with E-state index in [0.717, 1.165) is 18.3 Å². The van der Waals surface area contributed by atoms with Gasteiger partial charge in [0.1, 0.15) is 6.29 Å². The molecule has 1 aromatic heterocycles. The molecule has 0 amide bonds. The minimum absolute atomic E-state index is 0.835. The lowest BCUT2D eigenvalue weighted by atomic mass is 10.0. The van der Waals surface area contributed by atoms with Crippen molar-refractivity contribution in [2.75, 3.05) is 0 Å². The first-order chi connectivity index (χ1) is 6.76. The Labute approximate surface area is 87.4 Å². The lowest BCUT2D eigenvalue weighted by molar-refractivity contribution is 0.112. The Balaban J connectivity index is 2.82. The van der Waals surface area contributed by atoms with Gasteiger partial charge in [0.2, 0.25) is 0 Å². The summed E-state index contributed by atoms with van der Waals surface area (Å²) < 4.78 is 1.27. The second kappa shape index (κ2) is 3.54. The van der Waals surface area contributed by atoms with Crippen LogP contribution in [0.3, 0.4) is 0 Å². The molecule has 0 unspecified atom stereocenters.